The number of hydrogen-bond acceptors (Lipinski definition) is 5. The molecule has 0 aliphatic rings. The van der Waals surface area contributed by atoms with E-state index >= 15 is 0 Å². The maximum absolute atomic E-state index is 11.9. The van der Waals surface area contributed by atoms with Gasteiger partial charge in [-0.2, -0.15) is 0 Å². The molecule has 0 aliphatic heterocycles. The number of hydrogen-bond donors (Lipinski definition) is 3. The third kappa shape index (κ3) is 5.00. The predicted octanol–water partition coefficient (Wildman–Crippen LogP) is 2.74. The first-order valence-corrected chi connectivity index (χ1v) is 8.37. The second-order valence-electron chi connectivity index (χ2n) is 5.73. The Morgan fingerprint density at radius 2 is 2.00 bits per heavy atom. The molecule has 0 fully saturated rings. The number of methoxy groups -OCH3 is 1. The number of aliphatic hydroxyl groups is 1. The number of aryl methyl sites for hydroxylation is 2. The molecular formula is C18H21ClN2O5. The van der Waals surface area contributed by atoms with Crippen LogP contribution in [0.2, 0.25) is 5.02 Å². The van der Waals surface area contributed by atoms with Gasteiger partial charge in [0.1, 0.15) is 17.3 Å². The van der Waals surface area contributed by atoms with E-state index in [9.17, 15) is 14.7 Å². The van der Waals surface area contributed by atoms with Crippen molar-refractivity contribution in [2.75, 3.05) is 19.0 Å². The average molecular weight is 381 g/mol. The van der Waals surface area contributed by atoms with E-state index in [4.69, 9.17) is 20.8 Å². The maximum atomic E-state index is 11.9. The van der Waals surface area contributed by atoms with Crippen LogP contribution in [0.25, 0.3) is 0 Å². The summed E-state index contributed by atoms with van der Waals surface area (Å²) in [5.74, 6) is 0.182. The molecule has 0 aliphatic carbocycles. The van der Waals surface area contributed by atoms with Crippen molar-refractivity contribution in [1.82, 2.24) is 5.32 Å². The summed E-state index contributed by atoms with van der Waals surface area (Å²) in [5.41, 5.74) is 1.05. The molecule has 0 saturated heterocycles. The molecule has 3 N–H and O–H groups in total. The molecule has 2 aromatic rings. The molecule has 0 radical (unpaired) electrons. The molecular weight excluding hydrogens is 360 g/mol. The monoisotopic (exact) mass is 380 g/mol. The Labute approximate surface area is 156 Å². The molecule has 1 aromatic heterocycles. The minimum atomic E-state index is -0.823. The van der Waals surface area contributed by atoms with Gasteiger partial charge in [-0.25, -0.2) is 0 Å². The smallest absolute Gasteiger partial charge is 0.313 e. The first-order chi connectivity index (χ1) is 12.3. The first kappa shape index (κ1) is 19.8. The molecule has 0 spiro atoms. The van der Waals surface area contributed by atoms with Crippen LogP contribution < -0.4 is 15.4 Å². The Kier molecular flexibility index (Phi) is 6.65. The highest BCUT2D eigenvalue weighted by Crippen LogP contribution is 2.27. The molecule has 2 rings (SSSR count). The van der Waals surface area contributed by atoms with Crippen molar-refractivity contribution in [2.45, 2.75) is 26.4 Å². The minimum absolute atomic E-state index is 0.139. The van der Waals surface area contributed by atoms with E-state index < -0.39 is 17.9 Å². The van der Waals surface area contributed by atoms with Crippen LogP contribution in [0.3, 0.4) is 0 Å². The van der Waals surface area contributed by atoms with Crippen LogP contribution >= 0.6 is 11.6 Å². The van der Waals surface area contributed by atoms with Gasteiger partial charge >= 0.3 is 11.8 Å². The van der Waals surface area contributed by atoms with Gasteiger partial charge in [0.15, 0.2) is 0 Å². The molecule has 26 heavy (non-hydrogen) atoms. The summed E-state index contributed by atoms with van der Waals surface area (Å²) in [6.45, 7) is 3.69. The number of furan rings is 1. The number of carbonyl (C=O) groups excluding carboxylic acids is 2. The largest absolute Gasteiger partial charge is 0.495 e. The molecule has 1 unspecified atom stereocenters. The predicted molar refractivity (Wildman–Crippen MR) is 97.4 cm³/mol. The molecule has 7 nitrogen and oxygen atoms in total. The highest BCUT2D eigenvalue weighted by molar-refractivity contribution is 6.40. The van der Waals surface area contributed by atoms with Crippen LogP contribution in [-0.2, 0) is 9.59 Å². The summed E-state index contributed by atoms with van der Waals surface area (Å²) < 4.78 is 10.4. The van der Waals surface area contributed by atoms with E-state index in [1.54, 1.807) is 32.0 Å². The van der Waals surface area contributed by atoms with Crippen LogP contribution in [0.15, 0.2) is 28.7 Å². The van der Waals surface area contributed by atoms with Gasteiger partial charge in [0.05, 0.1) is 18.2 Å². The van der Waals surface area contributed by atoms with Crippen molar-refractivity contribution in [3.8, 4) is 5.75 Å². The molecule has 1 aromatic carbocycles. The molecule has 1 atom stereocenters. The van der Waals surface area contributed by atoms with Crippen molar-refractivity contribution < 1.29 is 23.8 Å². The second-order valence-corrected chi connectivity index (χ2v) is 6.14. The lowest BCUT2D eigenvalue weighted by Crippen LogP contribution is -2.36. The van der Waals surface area contributed by atoms with Gasteiger partial charge in [-0.05, 0) is 44.5 Å². The highest BCUT2D eigenvalue weighted by atomic mass is 35.5. The van der Waals surface area contributed by atoms with Crippen molar-refractivity contribution >= 4 is 29.1 Å². The van der Waals surface area contributed by atoms with Crippen LogP contribution in [-0.4, -0.2) is 30.6 Å². The fourth-order valence-electron chi connectivity index (χ4n) is 2.47. The summed E-state index contributed by atoms with van der Waals surface area (Å²) in [6, 6.07) is 6.40. The van der Waals surface area contributed by atoms with Crippen LogP contribution in [0.1, 0.15) is 29.6 Å². The second kappa shape index (κ2) is 8.73. The number of benzene rings is 1. The molecule has 8 heteroatoms. The fourth-order valence-corrected chi connectivity index (χ4v) is 2.73. The maximum Gasteiger partial charge on any atom is 0.313 e. The Balaban J connectivity index is 1.82. The number of ether oxygens (including phenoxy) is 1. The third-order valence-corrected chi connectivity index (χ3v) is 4.05. The quantitative estimate of drug-likeness (QED) is 0.669. The lowest BCUT2D eigenvalue weighted by molar-refractivity contribution is -0.136. The van der Waals surface area contributed by atoms with E-state index in [0.717, 1.165) is 0 Å². The first-order valence-electron chi connectivity index (χ1n) is 7.99. The zero-order chi connectivity index (χ0) is 19.3. The van der Waals surface area contributed by atoms with E-state index in [2.05, 4.69) is 10.6 Å². The number of anilines is 1. The number of carbonyl (C=O) groups is 2. The van der Waals surface area contributed by atoms with Crippen LogP contribution in [0.4, 0.5) is 5.69 Å². The van der Waals surface area contributed by atoms with Crippen molar-refractivity contribution in [3.63, 3.8) is 0 Å². The van der Waals surface area contributed by atoms with Crippen molar-refractivity contribution in [1.29, 1.82) is 0 Å². The van der Waals surface area contributed by atoms with E-state index in [0.29, 0.717) is 33.5 Å². The fraction of sp³-hybridized carbons (Fsp3) is 0.333. The number of aliphatic hydroxyl groups excluding tert-OH is 1. The Bertz CT molecular complexity index is 803. The summed E-state index contributed by atoms with van der Waals surface area (Å²) in [6.07, 6.45) is -0.524. The Hall–Kier alpha value is -2.51. The van der Waals surface area contributed by atoms with Gasteiger partial charge in [-0.15, -0.1) is 0 Å². The molecule has 0 bridgehead atoms. The Morgan fingerprint density at radius 1 is 1.27 bits per heavy atom. The molecule has 1 heterocycles. The summed E-state index contributed by atoms with van der Waals surface area (Å²) in [4.78, 5) is 23.8. The summed E-state index contributed by atoms with van der Waals surface area (Å²) in [5, 5.41) is 15.4. The van der Waals surface area contributed by atoms with Crippen molar-refractivity contribution in [2.24, 2.45) is 0 Å². The van der Waals surface area contributed by atoms with Gasteiger partial charge in [-0.3, -0.25) is 9.59 Å². The zero-order valence-corrected chi connectivity index (χ0v) is 15.5. The van der Waals surface area contributed by atoms with Gasteiger partial charge in [0, 0.05) is 17.8 Å². The average Bonchev–Trinajstić information content (AvgIpc) is 2.93. The minimum Gasteiger partial charge on any atom is -0.495 e. The van der Waals surface area contributed by atoms with Gasteiger partial charge in [0.2, 0.25) is 0 Å². The number of rotatable bonds is 6. The third-order valence-electron chi connectivity index (χ3n) is 3.76. The standard InChI is InChI=1S/C18H21ClN2O5/c1-10-8-13(11(2)26-10)15(22)6-7-20-17(23)18(24)21-12-4-5-16(25-3)14(19)9-12/h4-5,8-9,15,22H,6-7H2,1-3H3,(H,20,23)(H,21,24). The van der Waals surface area contributed by atoms with E-state index in [1.165, 1.54) is 13.2 Å². The van der Waals surface area contributed by atoms with Gasteiger partial charge in [0.25, 0.3) is 0 Å². The highest BCUT2D eigenvalue weighted by Gasteiger charge is 2.17. The lowest BCUT2D eigenvalue weighted by atomic mass is 10.1. The normalized spacial score (nSPS) is 11.7. The number of nitrogens with one attached hydrogen (secondary N) is 2. The van der Waals surface area contributed by atoms with Crippen LogP contribution in [0.5, 0.6) is 5.75 Å². The molecule has 0 saturated carbocycles. The van der Waals surface area contributed by atoms with E-state index in [1.807, 2.05) is 0 Å². The van der Waals surface area contributed by atoms with Crippen LogP contribution in [0, 0.1) is 13.8 Å². The van der Waals surface area contributed by atoms with Gasteiger partial charge in [-0.1, -0.05) is 11.6 Å². The summed E-state index contributed by atoms with van der Waals surface area (Å²) in [7, 11) is 1.48. The lowest BCUT2D eigenvalue weighted by Gasteiger charge is -2.11. The van der Waals surface area contributed by atoms with Crippen molar-refractivity contribution in [3.05, 3.63) is 46.4 Å². The number of amides is 2. The molecule has 2 amide bonds. The van der Waals surface area contributed by atoms with E-state index in [-0.39, 0.29) is 13.0 Å². The zero-order valence-electron chi connectivity index (χ0n) is 14.8. The Morgan fingerprint density at radius 3 is 2.58 bits per heavy atom. The molecule has 140 valence electrons. The SMILES string of the molecule is COc1ccc(NC(=O)C(=O)NCCC(O)c2cc(C)oc2C)cc1Cl. The van der Waals surface area contributed by atoms with Gasteiger partial charge < -0.3 is 24.9 Å². The number of halogens is 1. The topological polar surface area (TPSA) is 101 Å². The summed E-state index contributed by atoms with van der Waals surface area (Å²) >= 11 is 5.97.